The number of benzene rings is 2. The molecule has 0 N–H and O–H groups in total. The van der Waals surface area contributed by atoms with Crippen LogP contribution in [0.1, 0.15) is 33.5 Å². The Morgan fingerprint density at radius 2 is 1.70 bits per heavy atom. The van der Waals surface area contributed by atoms with Crippen LogP contribution in [-0.4, -0.2) is 20.7 Å². The van der Waals surface area contributed by atoms with Crippen molar-refractivity contribution in [3.8, 4) is 0 Å². The molecular formula is C18H19NO3S. The molecule has 0 radical (unpaired) electrons. The normalized spacial score (nSPS) is 14.7. The number of hydrogen-bond acceptors (Lipinski definition) is 3. The number of hydrogen-bond donors (Lipinski definition) is 0. The Balaban J connectivity index is 2.13. The minimum atomic E-state index is -3.67. The summed E-state index contributed by atoms with van der Waals surface area (Å²) in [4.78, 5) is 12.4. The van der Waals surface area contributed by atoms with E-state index >= 15 is 0 Å². The van der Waals surface area contributed by atoms with E-state index in [1.807, 2.05) is 32.9 Å². The molecule has 0 aromatic heterocycles. The van der Waals surface area contributed by atoms with Crippen LogP contribution in [0.5, 0.6) is 0 Å². The van der Waals surface area contributed by atoms with Crippen LogP contribution < -0.4 is 4.31 Å². The number of ketones is 1. The SMILES string of the molecule is Cc1ccc2c(c1)C(=O)CCN2S(=O)(=O)c1ccc(C)c(C)c1. The number of sulfonamides is 1. The van der Waals surface area contributed by atoms with E-state index in [4.69, 9.17) is 0 Å². The van der Waals surface area contributed by atoms with Crippen molar-refractivity contribution in [3.63, 3.8) is 0 Å². The van der Waals surface area contributed by atoms with Crippen molar-refractivity contribution in [2.24, 2.45) is 0 Å². The summed E-state index contributed by atoms with van der Waals surface area (Å²) in [5.74, 6) is -0.00441. The van der Waals surface area contributed by atoms with Gasteiger partial charge < -0.3 is 0 Å². The Morgan fingerprint density at radius 1 is 0.957 bits per heavy atom. The first kappa shape index (κ1) is 15.7. The summed E-state index contributed by atoms with van der Waals surface area (Å²) in [6, 6.07) is 10.4. The van der Waals surface area contributed by atoms with Gasteiger partial charge in [0.1, 0.15) is 0 Å². The van der Waals surface area contributed by atoms with Gasteiger partial charge in [0, 0.05) is 18.5 Å². The van der Waals surface area contributed by atoms with Gasteiger partial charge in [0.15, 0.2) is 5.78 Å². The third kappa shape index (κ3) is 2.65. The molecule has 23 heavy (non-hydrogen) atoms. The van der Waals surface area contributed by atoms with Gasteiger partial charge in [-0.25, -0.2) is 8.42 Å². The molecule has 1 aliphatic heterocycles. The molecule has 2 aromatic rings. The van der Waals surface area contributed by atoms with Gasteiger partial charge in [-0.15, -0.1) is 0 Å². The lowest BCUT2D eigenvalue weighted by Gasteiger charge is -2.30. The Morgan fingerprint density at radius 3 is 2.39 bits per heavy atom. The van der Waals surface area contributed by atoms with E-state index in [9.17, 15) is 13.2 Å². The fourth-order valence-corrected chi connectivity index (χ4v) is 4.37. The minimum Gasteiger partial charge on any atom is -0.294 e. The van der Waals surface area contributed by atoms with Gasteiger partial charge in [-0.3, -0.25) is 9.10 Å². The maximum absolute atomic E-state index is 13.0. The number of fused-ring (bicyclic) bond motifs is 1. The van der Waals surface area contributed by atoms with Crippen LogP contribution in [0.4, 0.5) is 5.69 Å². The molecule has 120 valence electrons. The number of nitrogens with zero attached hydrogens (tertiary/aromatic N) is 1. The molecule has 1 heterocycles. The molecular weight excluding hydrogens is 310 g/mol. The summed E-state index contributed by atoms with van der Waals surface area (Å²) in [6.45, 7) is 5.92. The maximum Gasteiger partial charge on any atom is 0.264 e. The largest absolute Gasteiger partial charge is 0.294 e. The van der Waals surface area contributed by atoms with E-state index in [1.54, 1.807) is 24.3 Å². The summed E-state index contributed by atoms with van der Waals surface area (Å²) >= 11 is 0. The summed E-state index contributed by atoms with van der Waals surface area (Å²) < 4.78 is 27.4. The van der Waals surface area contributed by atoms with Crippen LogP contribution in [0, 0.1) is 20.8 Å². The summed E-state index contributed by atoms with van der Waals surface area (Å²) in [5.41, 5.74) is 3.90. The third-order valence-corrected chi connectivity index (χ3v) is 6.14. The standard InChI is InChI=1S/C18H19NO3S/c1-12-4-7-17-16(10-12)18(20)8-9-19(17)23(21,22)15-6-5-13(2)14(3)11-15/h4-7,10-11H,8-9H2,1-3H3. The van der Waals surface area contributed by atoms with Gasteiger partial charge in [-0.05, 0) is 56.2 Å². The van der Waals surface area contributed by atoms with Crippen molar-refractivity contribution in [3.05, 3.63) is 58.7 Å². The van der Waals surface area contributed by atoms with Crippen LogP contribution >= 0.6 is 0 Å². The lowest BCUT2D eigenvalue weighted by molar-refractivity contribution is 0.0982. The molecule has 0 saturated heterocycles. The predicted molar refractivity (Wildman–Crippen MR) is 90.6 cm³/mol. The maximum atomic E-state index is 13.0. The van der Waals surface area contributed by atoms with Crippen LogP contribution in [0.25, 0.3) is 0 Å². The van der Waals surface area contributed by atoms with Gasteiger partial charge >= 0.3 is 0 Å². The molecule has 0 fully saturated rings. The summed E-state index contributed by atoms with van der Waals surface area (Å²) in [6.07, 6.45) is 0.209. The second-order valence-electron chi connectivity index (χ2n) is 6.02. The highest BCUT2D eigenvalue weighted by Gasteiger charge is 2.32. The summed E-state index contributed by atoms with van der Waals surface area (Å²) in [5, 5.41) is 0. The molecule has 4 nitrogen and oxygen atoms in total. The van der Waals surface area contributed by atoms with Crippen LogP contribution in [0.15, 0.2) is 41.3 Å². The predicted octanol–water partition coefficient (Wildman–Crippen LogP) is 3.39. The fourth-order valence-electron chi connectivity index (χ4n) is 2.80. The number of Topliss-reactive ketones (excluding diaryl/α,β-unsaturated/α-hetero) is 1. The van der Waals surface area contributed by atoms with Crippen molar-refractivity contribution >= 4 is 21.5 Å². The Kier molecular flexibility index (Phi) is 3.76. The van der Waals surface area contributed by atoms with Crippen molar-refractivity contribution in [1.29, 1.82) is 0 Å². The van der Waals surface area contributed by atoms with Crippen LogP contribution in [0.3, 0.4) is 0 Å². The molecule has 0 bridgehead atoms. The molecule has 1 aliphatic rings. The average molecular weight is 329 g/mol. The summed E-state index contributed by atoms with van der Waals surface area (Å²) in [7, 11) is -3.67. The topological polar surface area (TPSA) is 54.5 Å². The van der Waals surface area contributed by atoms with Gasteiger partial charge in [-0.2, -0.15) is 0 Å². The molecule has 0 spiro atoms. The molecule has 0 saturated carbocycles. The van der Waals surface area contributed by atoms with E-state index in [0.29, 0.717) is 11.3 Å². The van der Waals surface area contributed by atoms with E-state index < -0.39 is 10.0 Å². The highest BCUT2D eigenvalue weighted by molar-refractivity contribution is 7.92. The number of aryl methyl sites for hydroxylation is 3. The lowest BCUT2D eigenvalue weighted by Crippen LogP contribution is -2.37. The Hall–Kier alpha value is -2.14. The second-order valence-corrected chi connectivity index (χ2v) is 7.88. The zero-order chi connectivity index (χ0) is 16.8. The highest BCUT2D eigenvalue weighted by Crippen LogP contribution is 2.33. The molecule has 2 aromatic carbocycles. The van der Waals surface area contributed by atoms with E-state index in [2.05, 4.69) is 0 Å². The fraction of sp³-hybridized carbons (Fsp3) is 0.278. The monoisotopic (exact) mass is 329 g/mol. The molecule has 0 aliphatic carbocycles. The van der Waals surface area contributed by atoms with Crippen molar-refractivity contribution < 1.29 is 13.2 Å². The third-order valence-electron chi connectivity index (χ3n) is 4.33. The molecule has 3 rings (SSSR count). The van der Waals surface area contributed by atoms with E-state index in [-0.39, 0.29) is 23.6 Å². The van der Waals surface area contributed by atoms with Gasteiger partial charge in [-0.1, -0.05) is 17.7 Å². The first-order valence-corrected chi connectivity index (χ1v) is 8.98. The molecule has 5 heteroatoms. The van der Waals surface area contributed by atoms with Gasteiger partial charge in [0.05, 0.1) is 10.6 Å². The first-order valence-electron chi connectivity index (χ1n) is 7.54. The number of rotatable bonds is 2. The molecule has 0 atom stereocenters. The Bertz CT molecular complexity index is 900. The molecule has 0 amide bonds. The van der Waals surface area contributed by atoms with Gasteiger partial charge in [0.25, 0.3) is 10.0 Å². The average Bonchev–Trinajstić information content (AvgIpc) is 2.50. The number of carbonyl (C=O) groups is 1. The second kappa shape index (κ2) is 5.49. The smallest absolute Gasteiger partial charge is 0.264 e. The first-order chi connectivity index (χ1) is 10.8. The highest BCUT2D eigenvalue weighted by atomic mass is 32.2. The van der Waals surface area contributed by atoms with Crippen LogP contribution in [-0.2, 0) is 10.0 Å². The van der Waals surface area contributed by atoms with E-state index in [0.717, 1.165) is 16.7 Å². The molecule has 0 unspecified atom stereocenters. The minimum absolute atomic E-state index is 0.00441. The van der Waals surface area contributed by atoms with Crippen LogP contribution in [0.2, 0.25) is 0 Å². The lowest BCUT2D eigenvalue weighted by atomic mass is 10.0. The Labute approximate surface area is 136 Å². The zero-order valence-corrected chi connectivity index (χ0v) is 14.3. The quantitative estimate of drug-likeness (QED) is 0.848. The number of carbonyl (C=O) groups excluding carboxylic acids is 1. The van der Waals surface area contributed by atoms with Gasteiger partial charge in [0.2, 0.25) is 0 Å². The van der Waals surface area contributed by atoms with E-state index in [1.165, 1.54) is 4.31 Å². The van der Waals surface area contributed by atoms with Crippen molar-refractivity contribution in [2.45, 2.75) is 32.1 Å². The van der Waals surface area contributed by atoms with Crippen molar-refractivity contribution in [1.82, 2.24) is 0 Å². The zero-order valence-electron chi connectivity index (χ0n) is 13.5. The van der Waals surface area contributed by atoms with Crippen molar-refractivity contribution in [2.75, 3.05) is 10.8 Å². The number of anilines is 1.